The summed E-state index contributed by atoms with van der Waals surface area (Å²) in [5, 5.41) is 12.4. The van der Waals surface area contributed by atoms with Crippen molar-refractivity contribution in [1.29, 1.82) is 0 Å². The number of anilines is 1. The van der Waals surface area contributed by atoms with Crippen molar-refractivity contribution in [1.82, 2.24) is 0 Å². The number of aliphatic hydroxyl groups is 1. The maximum atomic E-state index is 14.7. The van der Waals surface area contributed by atoms with E-state index in [2.05, 4.69) is 11.0 Å². The lowest BCUT2D eigenvalue weighted by atomic mass is 10.0. The second-order valence-corrected chi connectivity index (χ2v) is 7.43. The molecule has 0 fully saturated rings. The molecule has 0 radical (unpaired) electrons. The molecule has 0 spiro atoms. The topological polar surface area (TPSA) is 35.7 Å². The van der Waals surface area contributed by atoms with Gasteiger partial charge in [-0.3, -0.25) is 0 Å². The average Bonchev–Trinajstić information content (AvgIpc) is 3.18. The summed E-state index contributed by atoms with van der Waals surface area (Å²) in [5.41, 5.74) is 1.06. The summed E-state index contributed by atoms with van der Waals surface area (Å²) in [6.07, 6.45) is 0. The van der Waals surface area contributed by atoms with Gasteiger partial charge in [-0.05, 0) is 48.5 Å². The van der Waals surface area contributed by atoms with Crippen molar-refractivity contribution in [3.63, 3.8) is 0 Å². The summed E-state index contributed by atoms with van der Waals surface area (Å²) in [5.74, 6) is 0.861. The molecular weight excluding hydrogens is 339 g/mol. The second-order valence-electron chi connectivity index (χ2n) is 6.37. The van der Waals surface area contributed by atoms with Crippen LogP contribution in [0.15, 0.2) is 42.5 Å². The van der Waals surface area contributed by atoms with Crippen LogP contribution >= 0.6 is 11.8 Å². The molecule has 2 aliphatic heterocycles. The summed E-state index contributed by atoms with van der Waals surface area (Å²) >= 11 is 1.69. The van der Waals surface area contributed by atoms with Gasteiger partial charge in [0.15, 0.2) is 6.54 Å². The fourth-order valence-corrected chi connectivity index (χ4v) is 4.70. The van der Waals surface area contributed by atoms with Gasteiger partial charge in [0.05, 0.1) is 19.2 Å². The van der Waals surface area contributed by atoms with Gasteiger partial charge in [-0.15, -0.1) is 0 Å². The highest BCUT2D eigenvalue weighted by Gasteiger charge is 2.55. The lowest BCUT2D eigenvalue weighted by molar-refractivity contribution is -0.651. The molecule has 130 valence electrons. The highest BCUT2D eigenvalue weighted by Crippen LogP contribution is 2.39. The van der Waals surface area contributed by atoms with Crippen LogP contribution in [0.5, 0.6) is 5.75 Å². The molecule has 2 aromatic carbocycles. The van der Waals surface area contributed by atoms with Crippen molar-refractivity contribution in [2.75, 3.05) is 30.9 Å². The van der Waals surface area contributed by atoms with Crippen LogP contribution in [-0.2, 0) is 5.72 Å². The minimum absolute atomic E-state index is 0.281. The first-order valence-corrected chi connectivity index (χ1v) is 9.19. The summed E-state index contributed by atoms with van der Waals surface area (Å²) in [6.45, 7) is 3.02. The van der Waals surface area contributed by atoms with Crippen molar-refractivity contribution < 1.29 is 18.8 Å². The lowest BCUT2D eigenvalue weighted by Gasteiger charge is -2.23. The largest absolute Gasteiger partial charge is 0.497 e. The Morgan fingerprint density at radius 3 is 2.84 bits per heavy atom. The van der Waals surface area contributed by atoms with Crippen LogP contribution < -0.4 is 9.64 Å². The summed E-state index contributed by atoms with van der Waals surface area (Å²) in [7, 11) is 1.50. The van der Waals surface area contributed by atoms with E-state index in [-0.39, 0.29) is 5.56 Å². The summed E-state index contributed by atoms with van der Waals surface area (Å²) in [4.78, 5) is 2.08. The monoisotopic (exact) mass is 359 g/mol. The Hall–Kier alpha value is -2.05. The van der Waals surface area contributed by atoms with Crippen molar-refractivity contribution >= 4 is 22.6 Å². The number of halogens is 1. The molecule has 0 saturated heterocycles. The Labute approximate surface area is 150 Å². The number of ether oxygens (including phenoxy) is 1. The molecule has 1 atom stereocenters. The smallest absolute Gasteiger partial charge is 0.316 e. The molecule has 2 aliphatic rings. The van der Waals surface area contributed by atoms with Crippen LogP contribution in [-0.4, -0.2) is 40.8 Å². The number of hydrogen-bond acceptors (Lipinski definition) is 4. The SMILES string of the molecule is COc1ccc(C2(O)CN(c3cccc(C)c3)C3=[N+]2CCS3)c(F)c1. The number of methoxy groups -OCH3 is 1. The van der Waals surface area contributed by atoms with Gasteiger partial charge >= 0.3 is 5.17 Å². The van der Waals surface area contributed by atoms with Crippen molar-refractivity contribution in [2.24, 2.45) is 0 Å². The molecule has 6 heteroatoms. The Morgan fingerprint density at radius 1 is 1.28 bits per heavy atom. The van der Waals surface area contributed by atoms with E-state index in [0.717, 1.165) is 22.2 Å². The number of rotatable bonds is 3. The first kappa shape index (κ1) is 16.4. The van der Waals surface area contributed by atoms with Gasteiger partial charge in [0.1, 0.15) is 17.3 Å². The average molecular weight is 359 g/mol. The van der Waals surface area contributed by atoms with Crippen LogP contribution in [0.1, 0.15) is 11.1 Å². The molecule has 1 unspecified atom stereocenters. The van der Waals surface area contributed by atoms with Crippen LogP contribution in [0.25, 0.3) is 0 Å². The van der Waals surface area contributed by atoms with E-state index in [4.69, 9.17) is 4.74 Å². The predicted octanol–water partition coefficient (Wildman–Crippen LogP) is 2.92. The predicted molar refractivity (Wildman–Crippen MR) is 98.0 cm³/mol. The summed E-state index contributed by atoms with van der Waals surface area (Å²) in [6, 6.07) is 12.8. The number of amidine groups is 1. The Bertz CT molecular complexity index is 870. The van der Waals surface area contributed by atoms with Gasteiger partial charge in [0, 0.05) is 11.8 Å². The fourth-order valence-electron chi connectivity index (χ4n) is 3.52. The Kier molecular flexibility index (Phi) is 3.96. The highest BCUT2D eigenvalue weighted by molar-refractivity contribution is 8.14. The maximum absolute atomic E-state index is 14.7. The Balaban J connectivity index is 1.79. The Morgan fingerprint density at radius 2 is 2.12 bits per heavy atom. The molecule has 1 N–H and O–H groups in total. The van der Waals surface area contributed by atoms with Crippen molar-refractivity contribution in [2.45, 2.75) is 12.6 Å². The number of β-amino-alcohol motifs (C(OH)–C–C–N with tert-alkyl or cyclic N) is 1. The first-order valence-electron chi connectivity index (χ1n) is 8.21. The molecule has 2 aromatic rings. The number of hydrogen-bond donors (Lipinski definition) is 1. The van der Waals surface area contributed by atoms with Crippen LogP contribution in [0.4, 0.5) is 10.1 Å². The fraction of sp³-hybridized carbons (Fsp3) is 0.316. The molecule has 0 amide bonds. The van der Waals surface area contributed by atoms with Crippen LogP contribution in [0.2, 0.25) is 0 Å². The zero-order valence-electron chi connectivity index (χ0n) is 14.2. The molecule has 4 rings (SSSR count). The van der Waals surface area contributed by atoms with Crippen LogP contribution in [0, 0.1) is 12.7 Å². The van der Waals surface area contributed by atoms with Crippen molar-refractivity contribution in [3.05, 3.63) is 59.4 Å². The van der Waals surface area contributed by atoms with Gasteiger partial charge in [-0.2, -0.15) is 0 Å². The molecule has 0 aliphatic carbocycles. The third kappa shape index (κ3) is 2.60. The molecule has 2 heterocycles. The van der Waals surface area contributed by atoms with E-state index in [1.54, 1.807) is 23.9 Å². The van der Waals surface area contributed by atoms with Crippen LogP contribution in [0.3, 0.4) is 0 Å². The van der Waals surface area contributed by atoms with E-state index >= 15 is 0 Å². The van der Waals surface area contributed by atoms with Gasteiger partial charge in [-0.1, -0.05) is 12.1 Å². The third-order valence-electron chi connectivity index (χ3n) is 4.75. The van der Waals surface area contributed by atoms with Gasteiger partial charge < -0.3 is 9.84 Å². The number of nitrogens with zero attached hydrogens (tertiary/aromatic N) is 2. The highest BCUT2D eigenvalue weighted by atomic mass is 32.2. The van der Waals surface area contributed by atoms with E-state index in [0.29, 0.717) is 18.8 Å². The third-order valence-corrected chi connectivity index (χ3v) is 5.84. The van der Waals surface area contributed by atoms with E-state index in [9.17, 15) is 9.50 Å². The van der Waals surface area contributed by atoms with E-state index < -0.39 is 11.5 Å². The lowest BCUT2D eigenvalue weighted by Crippen LogP contribution is -2.42. The quantitative estimate of drug-likeness (QED) is 0.855. The van der Waals surface area contributed by atoms with Gasteiger partial charge in [0.25, 0.3) is 5.72 Å². The van der Waals surface area contributed by atoms with E-state index in [1.165, 1.54) is 13.2 Å². The van der Waals surface area contributed by atoms with Gasteiger partial charge in [-0.25, -0.2) is 13.9 Å². The molecule has 4 nitrogen and oxygen atoms in total. The molecule has 0 aromatic heterocycles. The van der Waals surface area contributed by atoms with E-state index in [1.807, 2.05) is 29.7 Å². The standard InChI is InChI=1S/C19H20FN2O2S/c1-13-4-3-5-14(10-13)21-12-19(23,22-8-9-25-18(21)22)16-7-6-15(24-2)11-17(16)20/h3-7,10-11,23H,8-9,12H2,1-2H3/q+1. The minimum Gasteiger partial charge on any atom is -0.497 e. The molecule has 0 bridgehead atoms. The molecular formula is C19H20FN2O2S+. The van der Waals surface area contributed by atoms with Crippen molar-refractivity contribution in [3.8, 4) is 5.75 Å². The van der Waals surface area contributed by atoms with Gasteiger partial charge in [0.2, 0.25) is 0 Å². The second kappa shape index (κ2) is 6.04. The number of thioether (sulfide) groups is 1. The number of benzene rings is 2. The normalized spacial score (nSPS) is 22.5. The molecule has 25 heavy (non-hydrogen) atoms. The summed E-state index contributed by atoms with van der Waals surface area (Å²) < 4.78 is 21.7. The zero-order chi connectivity index (χ0) is 17.6. The maximum Gasteiger partial charge on any atom is 0.316 e. The number of aryl methyl sites for hydroxylation is 1. The minimum atomic E-state index is -1.39. The first-order chi connectivity index (χ1) is 12.0. The molecule has 0 saturated carbocycles. The zero-order valence-corrected chi connectivity index (χ0v) is 15.0.